The predicted molar refractivity (Wildman–Crippen MR) is 89.7 cm³/mol. The van der Waals surface area contributed by atoms with E-state index in [9.17, 15) is 9.59 Å². The number of hydrogen-bond acceptors (Lipinski definition) is 3. The van der Waals surface area contributed by atoms with Gasteiger partial charge in [0.1, 0.15) is 6.54 Å². The molecule has 0 aliphatic heterocycles. The van der Waals surface area contributed by atoms with Crippen LogP contribution in [0.4, 0.5) is 0 Å². The molecule has 2 aromatic rings. The smallest absolute Gasteiger partial charge is 0.323 e. The molecule has 0 atom stereocenters. The van der Waals surface area contributed by atoms with Crippen molar-refractivity contribution in [1.29, 1.82) is 0 Å². The van der Waals surface area contributed by atoms with E-state index in [1.54, 1.807) is 23.5 Å². The maximum Gasteiger partial charge on any atom is 0.323 e. The number of nitrogens with zero attached hydrogens (tertiary/aromatic N) is 1. The first-order valence-electron chi connectivity index (χ1n) is 7.32. The second-order valence-electron chi connectivity index (χ2n) is 5.74. The highest BCUT2D eigenvalue weighted by molar-refractivity contribution is 7.08. The minimum atomic E-state index is -1.00. The molecule has 0 saturated heterocycles. The van der Waals surface area contributed by atoms with Crippen molar-refractivity contribution in [3.63, 3.8) is 0 Å². The SMILES string of the molecule is O=C(O)CN(Cc1ccc(Cl)cc1)C(=O)C1Cc2cscc2C1. The maximum atomic E-state index is 12.8. The number of carbonyl (C=O) groups excluding carboxylic acids is 1. The Balaban J connectivity index is 1.73. The van der Waals surface area contributed by atoms with Crippen molar-refractivity contribution in [2.24, 2.45) is 5.92 Å². The van der Waals surface area contributed by atoms with Crippen LogP contribution < -0.4 is 0 Å². The van der Waals surface area contributed by atoms with Crippen molar-refractivity contribution in [3.8, 4) is 0 Å². The summed E-state index contributed by atoms with van der Waals surface area (Å²) in [6.07, 6.45) is 1.41. The molecule has 0 spiro atoms. The van der Waals surface area contributed by atoms with Crippen LogP contribution in [0.2, 0.25) is 5.02 Å². The van der Waals surface area contributed by atoms with Gasteiger partial charge in [-0.2, -0.15) is 11.3 Å². The molecule has 0 saturated carbocycles. The lowest BCUT2D eigenvalue weighted by Crippen LogP contribution is -2.39. The number of aliphatic carboxylic acids is 1. The van der Waals surface area contributed by atoms with Gasteiger partial charge in [0.05, 0.1) is 0 Å². The van der Waals surface area contributed by atoms with Crippen molar-refractivity contribution >= 4 is 34.8 Å². The van der Waals surface area contributed by atoms with Crippen LogP contribution in [-0.4, -0.2) is 28.4 Å². The van der Waals surface area contributed by atoms with E-state index in [-0.39, 0.29) is 24.9 Å². The second-order valence-corrected chi connectivity index (χ2v) is 6.92. The summed E-state index contributed by atoms with van der Waals surface area (Å²) < 4.78 is 0. The molecule has 0 radical (unpaired) electrons. The van der Waals surface area contributed by atoms with Gasteiger partial charge >= 0.3 is 5.97 Å². The second kappa shape index (κ2) is 6.72. The van der Waals surface area contributed by atoms with Gasteiger partial charge in [-0.3, -0.25) is 9.59 Å². The monoisotopic (exact) mass is 349 g/mol. The van der Waals surface area contributed by atoms with Gasteiger partial charge in [-0.15, -0.1) is 0 Å². The van der Waals surface area contributed by atoms with Gasteiger partial charge in [0.2, 0.25) is 5.91 Å². The average Bonchev–Trinajstić information content (AvgIpc) is 3.09. The predicted octanol–water partition coefficient (Wildman–Crippen LogP) is 3.23. The molecule has 1 aromatic heterocycles. The number of carbonyl (C=O) groups is 2. The Morgan fingerprint density at radius 2 is 1.78 bits per heavy atom. The Kier molecular flexibility index (Phi) is 4.68. The highest BCUT2D eigenvalue weighted by Gasteiger charge is 2.31. The maximum absolute atomic E-state index is 12.8. The number of fused-ring (bicyclic) bond motifs is 1. The fourth-order valence-corrected chi connectivity index (χ4v) is 3.95. The first-order chi connectivity index (χ1) is 11.0. The lowest BCUT2D eigenvalue weighted by Gasteiger charge is -2.24. The molecule has 0 fully saturated rings. The van der Waals surface area contributed by atoms with Gasteiger partial charge < -0.3 is 10.0 Å². The first-order valence-corrected chi connectivity index (χ1v) is 8.64. The third kappa shape index (κ3) is 3.74. The Labute approximate surface area is 143 Å². The Morgan fingerprint density at radius 3 is 2.35 bits per heavy atom. The van der Waals surface area contributed by atoms with Crippen molar-refractivity contribution in [1.82, 2.24) is 4.90 Å². The molecule has 1 aromatic carbocycles. The molecule has 120 valence electrons. The molecule has 3 rings (SSSR count). The fraction of sp³-hybridized carbons (Fsp3) is 0.294. The summed E-state index contributed by atoms with van der Waals surface area (Å²) >= 11 is 7.51. The fourth-order valence-electron chi connectivity index (χ4n) is 2.93. The summed E-state index contributed by atoms with van der Waals surface area (Å²) in [7, 11) is 0. The summed E-state index contributed by atoms with van der Waals surface area (Å²) in [5.74, 6) is -1.25. The van der Waals surface area contributed by atoms with Gasteiger partial charge in [0, 0.05) is 17.5 Å². The van der Waals surface area contributed by atoms with E-state index in [4.69, 9.17) is 16.7 Å². The van der Waals surface area contributed by atoms with Crippen LogP contribution in [0.15, 0.2) is 35.0 Å². The standard InChI is InChI=1S/C17H16ClNO3S/c18-15-3-1-11(2-4-15)7-19(8-16(20)21)17(22)12-5-13-9-23-10-14(13)6-12/h1-4,9-10,12H,5-8H2,(H,20,21). The number of rotatable bonds is 5. The normalized spacial score (nSPS) is 13.8. The van der Waals surface area contributed by atoms with E-state index in [0.29, 0.717) is 17.9 Å². The molecule has 1 aliphatic rings. The molecular weight excluding hydrogens is 334 g/mol. The van der Waals surface area contributed by atoms with Gasteiger partial charge in [-0.25, -0.2) is 0 Å². The molecular formula is C17H16ClNO3S. The van der Waals surface area contributed by atoms with Gasteiger partial charge in [0.25, 0.3) is 0 Å². The van der Waals surface area contributed by atoms with Crippen LogP contribution in [0, 0.1) is 5.92 Å². The minimum absolute atomic E-state index is 0.0939. The Hall–Kier alpha value is -1.85. The van der Waals surface area contributed by atoms with Crippen LogP contribution in [0.1, 0.15) is 16.7 Å². The number of thiophene rings is 1. The van der Waals surface area contributed by atoms with Crippen LogP contribution in [0.3, 0.4) is 0 Å². The number of hydrogen-bond donors (Lipinski definition) is 1. The largest absolute Gasteiger partial charge is 0.480 e. The van der Waals surface area contributed by atoms with Crippen LogP contribution >= 0.6 is 22.9 Å². The van der Waals surface area contributed by atoms with Crippen LogP contribution in [0.25, 0.3) is 0 Å². The van der Waals surface area contributed by atoms with Crippen molar-refractivity contribution < 1.29 is 14.7 Å². The molecule has 6 heteroatoms. The lowest BCUT2D eigenvalue weighted by atomic mass is 10.0. The first kappa shape index (κ1) is 16.0. The van der Waals surface area contributed by atoms with Crippen molar-refractivity contribution in [2.75, 3.05) is 6.54 Å². The lowest BCUT2D eigenvalue weighted by molar-refractivity contribution is -0.146. The quantitative estimate of drug-likeness (QED) is 0.901. The zero-order valence-corrected chi connectivity index (χ0v) is 13.9. The summed E-state index contributed by atoms with van der Waals surface area (Å²) in [5.41, 5.74) is 3.31. The Bertz CT molecular complexity index is 705. The number of amides is 1. The zero-order chi connectivity index (χ0) is 16.4. The summed E-state index contributed by atoms with van der Waals surface area (Å²) in [4.78, 5) is 25.3. The van der Waals surface area contributed by atoms with E-state index in [1.165, 1.54) is 16.0 Å². The molecule has 4 nitrogen and oxygen atoms in total. The van der Waals surface area contributed by atoms with Gasteiger partial charge in [-0.1, -0.05) is 23.7 Å². The van der Waals surface area contributed by atoms with E-state index in [2.05, 4.69) is 10.8 Å². The number of halogens is 1. The van der Waals surface area contributed by atoms with E-state index >= 15 is 0 Å². The van der Waals surface area contributed by atoms with Gasteiger partial charge in [0.15, 0.2) is 0 Å². The minimum Gasteiger partial charge on any atom is -0.480 e. The molecule has 1 N–H and O–H groups in total. The van der Waals surface area contributed by atoms with Crippen molar-refractivity contribution in [3.05, 3.63) is 56.7 Å². The number of carboxylic acid groups (broad SMARTS) is 1. The van der Waals surface area contributed by atoms with Gasteiger partial charge in [-0.05, 0) is 52.4 Å². The molecule has 0 unspecified atom stereocenters. The summed E-state index contributed by atoms with van der Waals surface area (Å²) in [6.45, 7) is -0.00352. The molecule has 1 aliphatic carbocycles. The third-order valence-corrected chi connectivity index (χ3v) is 5.13. The Morgan fingerprint density at radius 1 is 1.17 bits per heavy atom. The molecule has 1 amide bonds. The summed E-state index contributed by atoms with van der Waals surface area (Å²) in [6, 6.07) is 7.12. The molecule has 0 bridgehead atoms. The summed E-state index contributed by atoms with van der Waals surface area (Å²) in [5, 5.41) is 13.9. The highest BCUT2D eigenvalue weighted by atomic mass is 35.5. The van der Waals surface area contributed by atoms with E-state index < -0.39 is 5.97 Å². The highest BCUT2D eigenvalue weighted by Crippen LogP contribution is 2.31. The number of benzene rings is 1. The van der Waals surface area contributed by atoms with Crippen molar-refractivity contribution in [2.45, 2.75) is 19.4 Å². The number of carboxylic acids is 1. The molecule has 23 heavy (non-hydrogen) atoms. The van der Waals surface area contributed by atoms with Crippen LogP contribution in [-0.2, 0) is 29.0 Å². The third-order valence-electron chi connectivity index (χ3n) is 4.04. The van der Waals surface area contributed by atoms with E-state index in [1.807, 2.05) is 12.1 Å². The van der Waals surface area contributed by atoms with E-state index in [0.717, 1.165) is 5.56 Å². The average molecular weight is 350 g/mol. The van der Waals surface area contributed by atoms with Crippen LogP contribution in [0.5, 0.6) is 0 Å². The topological polar surface area (TPSA) is 57.6 Å². The zero-order valence-electron chi connectivity index (χ0n) is 12.4. The molecule has 1 heterocycles.